The molecule has 0 aliphatic carbocycles. The molecule has 2 aromatic rings. The molecule has 100 valence electrons. The van der Waals surface area contributed by atoms with Crippen LogP contribution < -0.4 is 0 Å². The van der Waals surface area contributed by atoms with E-state index in [0.29, 0.717) is 0 Å². The molecule has 0 aromatic heterocycles. The van der Waals surface area contributed by atoms with Gasteiger partial charge in [0.15, 0.2) is 0 Å². The normalized spacial score (nSPS) is 14.1. The van der Waals surface area contributed by atoms with Crippen LogP contribution in [0.4, 0.5) is 0 Å². The predicted octanol–water partition coefficient (Wildman–Crippen LogP) is 4.81. The Hall–Kier alpha value is -0.830. The van der Waals surface area contributed by atoms with Gasteiger partial charge in [-0.25, -0.2) is 0 Å². The van der Waals surface area contributed by atoms with Crippen LogP contribution in [0.25, 0.3) is 0 Å². The molecular weight excluding hydrogens is 324 g/mol. The van der Waals surface area contributed by atoms with Crippen molar-refractivity contribution in [3.05, 3.63) is 69.2 Å². The lowest BCUT2D eigenvalue weighted by Crippen LogP contribution is -2.17. The summed E-state index contributed by atoms with van der Waals surface area (Å²) in [6.45, 7) is 1.83. The first-order valence-corrected chi connectivity index (χ1v) is 7.41. The molecule has 0 heterocycles. The van der Waals surface area contributed by atoms with Crippen LogP contribution in [0.5, 0.6) is 0 Å². The Morgan fingerprint density at radius 2 is 1.84 bits per heavy atom. The fourth-order valence-electron chi connectivity index (χ4n) is 2.18. The molecule has 2 rings (SSSR count). The molecule has 2 aromatic carbocycles. The number of hydrogen-bond donors (Lipinski definition) is 1. The van der Waals surface area contributed by atoms with E-state index in [4.69, 9.17) is 11.6 Å². The van der Waals surface area contributed by atoms with Crippen molar-refractivity contribution in [2.75, 3.05) is 0 Å². The fraction of sp³-hybridized carbons (Fsp3) is 0.250. The van der Waals surface area contributed by atoms with Gasteiger partial charge in [-0.15, -0.1) is 0 Å². The van der Waals surface area contributed by atoms with E-state index in [2.05, 4.69) is 28.1 Å². The lowest BCUT2D eigenvalue weighted by molar-refractivity contribution is 0.161. The highest BCUT2D eigenvalue weighted by molar-refractivity contribution is 9.10. The van der Waals surface area contributed by atoms with E-state index in [-0.39, 0.29) is 5.92 Å². The summed E-state index contributed by atoms with van der Waals surface area (Å²) in [7, 11) is 0. The third-order valence-electron chi connectivity index (χ3n) is 3.23. The molecule has 19 heavy (non-hydrogen) atoms. The Morgan fingerprint density at radius 1 is 1.16 bits per heavy atom. The molecule has 0 radical (unpaired) electrons. The lowest BCUT2D eigenvalue weighted by Gasteiger charge is -2.21. The van der Waals surface area contributed by atoms with Crippen molar-refractivity contribution in [2.45, 2.75) is 25.4 Å². The van der Waals surface area contributed by atoms with Gasteiger partial charge in [-0.1, -0.05) is 51.8 Å². The molecule has 0 aliphatic heterocycles. The van der Waals surface area contributed by atoms with Crippen molar-refractivity contribution in [1.82, 2.24) is 0 Å². The summed E-state index contributed by atoms with van der Waals surface area (Å²) in [6.07, 6.45) is 0.399. The predicted molar refractivity (Wildman–Crippen MR) is 83.7 cm³/mol. The highest BCUT2D eigenvalue weighted by Gasteiger charge is 2.18. The topological polar surface area (TPSA) is 20.2 Å². The molecule has 1 nitrogen and oxygen atoms in total. The van der Waals surface area contributed by atoms with Crippen LogP contribution in [0, 0.1) is 0 Å². The summed E-state index contributed by atoms with van der Waals surface area (Å²) in [5.74, 6) is 0.0821. The molecular formula is C16H16BrClO. The van der Waals surface area contributed by atoms with Gasteiger partial charge in [-0.05, 0) is 48.7 Å². The van der Waals surface area contributed by atoms with Gasteiger partial charge in [0.2, 0.25) is 0 Å². The largest absolute Gasteiger partial charge is 0.393 e. The molecule has 0 fully saturated rings. The molecule has 3 heteroatoms. The highest BCUT2D eigenvalue weighted by atomic mass is 79.9. The summed E-state index contributed by atoms with van der Waals surface area (Å²) in [5.41, 5.74) is 2.31. The van der Waals surface area contributed by atoms with Crippen LogP contribution in [0.15, 0.2) is 53.0 Å². The van der Waals surface area contributed by atoms with E-state index in [1.807, 2.05) is 43.3 Å². The van der Waals surface area contributed by atoms with Gasteiger partial charge in [0, 0.05) is 15.4 Å². The number of hydrogen-bond acceptors (Lipinski definition) is 1. The quantitative estimate of drug-likeness (QED) is 0.847. The number of benzene rings is 2. The van der Waals surface area contributed by atoms with Crippen molar-refractivity contribution >= 4 is 27.5 Å². The Kier molecular flexibility index (Phi) is 5.03. The third-order valence-corrected chi connectivity index (χ3v) is 3.97. The lowest BCUT2D eigenvalue weighted by atomic mass is 9.88. The van der Waals surface area contributed by atoms with E-state index in [1.54, 1.807) is 0 Å². The fourth-order valence-corrected chi connectivity index (χ4v) is 2.72. The summed E-state index contributed by atoms with van der Waals surface area (Å²) >= 11 is 9.37. The van der Waals surface area contributed by atoms with Gasteiger partial charge in [-0.3, -0.25) is 0 Å². The number of aliphatic hydroxyl groups excluding tert-OH is 1. The van der Waals surface area contributed by atoms with Crippen LogP contribution in [0.1, 0.15) is 24.0 Å². The van der Waals surface area contributed by atoms with E-state index >= 15 is 0 Å². The number of halogens is 2. The summed E-state index contributed by atoms with van der Waals surface area (Å²) in [4.78, 5) is 0. The maximum atomic E-state index is 10.0. The first-order valence-electron chi connectivity index (χ1n) is 6.24. The van der Waals surface area contributed by atoms with Crippen LogP contribution >= 0.6 is 27.5 Å². The molecule has 0 aliphatic rings. The minimum atomic E-state index is -0.398. The van der Waals surface area contributed by atoms with Gasteiger partial charge < -0.3 is 5.11 Å². The molecule has 0 spiro atoms. The first kappa shape index (κ1) is 14.6. The summed E-state index contributed by atoms with van der Waals surface area (Å²) in [6, 6.07) is 15.9. The van der Waals surface area contributed by atoms with Crippen molar-refractivity contribution in [3.63, 3.8) is 0 Å². The zero-order valence-electron chi connectivity index (χ0n) is 10.7. The molecule has 1 N–H and O–H groups in total. The van der Waals surface area contributed by atoms with Gasteiger partial charge in [0.05, 0.1) is 6.10 Å². The van der Waals surface area contributed by atoms with Crippen molar-refractivity contribution in [3.8, 4) is 0 Å². The Labute approximate surface area is 127 Å². The second-order valence-corrected chi connectivity index (χ2v) is 6.08. The zero-order valence-corrected chi connectivity index (χ0v) is 13.0. The maximum absolute atomic E-state index is 10.0. The maximum Gasteiger partial charge on any atom is 0.0583 e. The van der Waals surface area contributed by atoms with Gasteiger partial charge in [0.25, 0.3) is 0 Å². The van der Waals surface area contributed by atoms with Crippen LogP contribution in [-0.4, -0.2) is 11.2 Å². The van der Waals surface area contributed by atoms with Crippen LogP contribution in [0.2, 0.25) is 5.02 Å². The van der Waals surface area contributed by atoms with Crippen molar-refractivity contribution < 1.29 is 5.11 Å². The molecule has 0 amide bonds. The SMILES string of the molecule is CC(O)C(Cc1ccc(Cl)cc1)c1cccc(Br)c1. The monoisotopic (exact) mass is 338 g/mol. The Bertz CT molecular complexity index is 537. The van der Waals surface area contributed by atoms with Crippen LogP contribution in [-0.2, 0) is 6.42 Å². The third kappa shape index (κ3) is 4.07. The zero-order chi connectivity index (χ0) is 13.8. The molecule has 0 bridgehead atoms. The summed E-state index contributed by atoms with van der Waals surface area (Å²) in [5, 5.41) is 10.8. The average Bonchev–Trinajstić information content (AvgIpc) is 2.37. The second kappa shape index (κ2) is 6.56. The van der Waals surface area contributed by atoms with E-state index in [1.165, 1.54) is 5.56 Å². The van der Waals surface area contributed by atoms with E-state index < -0.39 is 6.10 Å². The average molecular weight is 340 g/mol. The molecule has 2 unspecified atom stereocenters. The smallest absolute Gasteiger partial charge is 0.0583 e. The van der Waals surface area contributed by atoms with E-state index in [0.717, 1.165) is 21.5 Å². The Balaban J connectivity index is 2.23. The molecule has 2 atom stereocenters. The van der Waals surface area contributed by atoms with Gasteiger partial charge >= 0.3 is 0 Å². The number of rotatable bonds is 4. The van der Waals surface area contributed by atoms with Gasteiger partial charge in [0.1, 0.15) is 0 Å². The highest BCUT2D eigenvalue weighted by Crippen LogP contribution is 2.27. The first-order chi connectivity index (χ1) is 9.06. The number of aliphatic hydroxyl groups is 1. The van der Waals surface area contributed by atoms with Crippen molar-refractivity contribution in [1.29, 1.82) is 0 Å². The molecule has 0 saturated heterocycles. The Morgan fingerprint density at radius 3 is 2.42 bits per heavy atom. The minimum Gasteiger partial charge on any atom is -0.393 e. The summed E-state index contributed by atoms with van der Waals surface area (Å²) < 4.78 is 1.03. The second-order valence-electron chi connectivity index (χ2n) is 4.73. The van der Waals surface area contributed by atoms with Gasteiger partial charge in [-0.2, -0.15) is 0 Å². The van der Waals surface area contributed by atoms with E-state index in [9.17, 15) is 5.11 Å². The van der Waals surface area contributed by atoms with Crippen LogP contribution in [0.3, 0.4) is 0 Å². The standard InChI is InChI=1S/C16H16BrClO/c1-11(19)16(13-3-2-4-14(17)10-13)9-12-5-7-15(18)8-6-12/h2-8,10-11,16,19H,9H2,1H3. The minimum absolute atomic E-state index is 0.0821. The molecule has 0 saturated carbocycles. The van der Waals surface area contributed by atoms with Crippen molar-refractivity contribution in [2.24, 2.45) is 0 Å².